The highest BCUT2D eigenvalue weighted by molar-refractivity contribution is 5.98. The number of non-ortho nitro benzene ring substituents is 2. The van der Waals surface area contributed by atoms with Crippen molar-refractivity contribution in [3.05, 3.63) is 68.3 Å². The lowest BCUT2D eigenvalue weighted by molar-refractivity contribution is -0.385. The van der Waals surface area contributed by atoms with Crippen LogP contribution in [-0.2, 0) is 4.74 Å². The van der Waals surface area contributed by atoms with Gasteiger partial charge in [0.1, 0.15) is 0 Å². The maximum Gasteiger partial charge on any atom is 0.338 e. The number of esters is 1. The Labute approximate surface area is 124 Å². The molecule has 0 amide bonds. The Morgan fingerprint density at radius 2 is 1.50 bits per heavy atom. The number of nitro benzene ring substituents is 2. The molecule has 0 N–H and O–H groups in total. The number of methoxy groups -OCH3 is 1. The van der Waals surface area contributed by atoms with Gasteiger partial charge in [0.25, 0.3) is 11.4 Å². The predicted molar refractivity (Wildman–Crippen MR) is 76.5 cm³/mol. The molecule has 0 atom stereocenters. The van der Waals surface area contributed by atoms with Crippen molar-refractivity contribution in [3.8, 4) is 11.1 Å². The summed E-state index contributed by atoms with van der Waals surface area (Å²) in [6, 6.07) is 9.28. The van der Waals surface area contributed by atoms with Crippen molar-refractivity contribution in [1.82, 2.24) is 0 Å². The number of carbonyl (C=O) groups excluding carboxylic acids is 1. The van der Waals surface area contributed by atoms with Gasteiger partial charge in [0, 0.05) is 24.3 Å². The highest BCUT2D eigenvalue weighted by atomic mass is 16.6. The topological polar surface area (TPSA) is 113 Å². The fraction of sp³-hybridized carbons (Fsp3) is 0.0714. The first-order valence-electron chi connectivity index (χ1n) is 6.05. The Morgan fingerprint density at radius 3 is 2.00 bits per heavy atom. The number of hydrogen-bond acceptors (Lipinski definition) is 6. The highest BCUT2D eigenvalue weighted by Crippen LogP contribution is 2.29. The number of rotatable bonds is 4. The molecule has 0 saturated carbocycles. The van der Waals surface area contributed by atoms with Crippen LogP contribution in [0.5, 0.6) is 0 Å². The molecule has 0 aromatic heterocycles. The molecule has 0 radical (unpaired) electrons. The van der Waals surface area contributed by atoms with Crippen molar-refractivity contribution in [2.24, 2.45) is 0 Å². The molecule has 2 rings (SSSR count). The SMILES string of the molecule is COC(=O)c1cc([N+](=O)[O-])ccc1-c1ccc([N+](=O)[O-])cc1. The Morgan fingerprint density at radius 1 is 0.955 bits per heavy atom. The number of ether oxygens (including phenoxy) is 1. The zero-order chi connectivity index (χ0) is 16.3. The lowest BCUT2D eigenvalue weighted by Gasteiger charge is -2.08. The molecule has 8 nitrogen and oxygen atoms in total. The minimum Gasteiger partial charge on any atom is -0.465 e. The fourth-order valence-corrected chi connectivity index (χ4v) is 1.94. The summed E-state index contributed by atoms with van der Waals surface area (Å²) >= 11 is 0. The van der Waals surface area contributed by atoms with Gasteiger partial charge < -0.3 is 4.74 Å². The third-order valence-corrected chi connectivity index (χ3v) is 3.01. The third kappa shape index (κ3) is 2.90. The van der Waals surface area contributed by atoms with Crippen molar-refractivity contribution in [2.75, 3.05) is 7.11 Å². The molecule has 0 saturated heterocycles. The number of nitrogens with zero attached hydrogens (tertiary/aromatic N) is 2. The maximum absolute atomic E-state index is 11.8. The molecule has 2 aromatic carbocycles. The molecule has 0 aliphatic carbocycles. The first-order chi connectivity index (χ1) is 10.4. The van der Waals surface area contributed by atoms with Crippen LogP contribution in [0.25, 0.3) is 11.1 Å². The smallest absolute Gasteiger partial charge is 0.338 e. The van der Waals surface area contributed by atoms with E-state index in [0.29, 0.717) is 11.1 Å². The second-order valence-electron chi connectivity index (χ2n) is 4.28. The average molecular weight is 302 g/mol. The minimum atomic E-state index is -0.725. The van der Waals surface area contributed by atoms with Crippen LogP contribution in [0, 0.1) is 20.2 Å². The van der Waals surface area contributed by atoms with Crippen LogP contribution < -0.4 is 0 Å². The van der Waals surface area contributed by atoms with Gasteiger partial charge in [-0.15, -0.1) is 0 Å². The largest absolute Gasteiger partial charge is 0.465 e. The second kappa shape index (κ2) is 6.00. The lowest BCUT2D eigenvalue weighted by atomic mass is 9.99. The first-order valence-corrected chi connectivity index (χ1v) is 6.05. The van der Waals surface area contributed by atoms with E-state index in [2.05, 4.69) is 4.74 Å². The summed E-state index contributed by atoms with van der Waals surface area (Å²) in [6.45, 7) is 0. The quantitative estimate of drug-likeness (QED) is 0.487. The average Bonchev–Trinajstić information content (AvgIpc) is 2.53. The van der Waals surface area contributed by atoms with Crippen LogP contribution in [0.3, 0.4) is 0 Å². The molecule has 2 aromatic rings. The van der Waals surface area contributed by atoms with Crippen LogP contribution in [0.15, 0.2) is 42.5 Å². The van der Waals surface area contributed by atoms with Gasteiger partial charge in [-0.2, -0.15) is 0 Å². The van der Waals surface area contributed by atoms with Crippen molar-refractivity contribution in [1.29, 1.82) is 0 Å². The van der Waals surface area contributed by atoms with Crippen molar-refractivity contribution >= 4 is 17.3 Å². The molecule has 0 fully saturated rings. The van der Waals surface area contributed by atoms with Crippen molar-refractivity contribution < 1.29 is 19.4 Å². The Hall–Kier alpha value is -3.29. The summed E-state index contributed by atoms with van der Waals surface area (Å²) < 4.78 is 4.63. The number of hydrogen-bond donors (Lipinski definition) is 0. The molecular formula is C14H10N2O6. The normalized spacial score (nSPS) is 10.0. The summed E-state index contributed by atoms with van der Waals surface area (Å²) in [5.41, 5.74) is 0.593. The van der Waals surface area contributed by atoms with E-state index in [-0.39, 0.29) is 16.9 Å². The molecule has 8 heteroatoms. The van der Waals surface area contributed by atoms with Crippen LogP contribution in [0.1, 0.15) is 10.4 Å². The van der Waals surface area contributed by atoms with Crippen LogP contribution in [0.4, 0.5) is 11.4 Å². The Bertz CT molecular complexity index is 754. The van der Waals surface area contributed by atoms with E-state index in [9.17, 15) is 25.0 Å². The van der Waals surface area contributed by atoms with Gasteiger partial charge >= 0.3 is 5.97 Å². The predicted octanol–water partition coefficient (Wildman–Crippen LogP) is 2.96. The van der Waals surface area contributed by atoms with E-state index in [0.717, 1.165) is 6.07 Å². The molecule has 0 heterocycles. The molecule has 0 aliphatic heterocycles. The van der Waals surface area contributed by atoms with E-state index in [1.54, 1.807) is 0 Å². The summed E-state index contributed by atoms with van der Waals surface area (Å²) in [6.07, 6.45) is 0. The molecule has 0 unspecified atom stereocenters. The molecule has 22 heavy (non-hydrogen) atoms. The number of nitro groups is 2. The van der Waals surface area contributed by atoms with E-state index >= 15 is 0 Å². The summed E-state index contributed by atoms with van der Waals surface area (Å²) in [4.78, 5) is 32.1. The van der Waals surface area contributed by atoms with E-state index in [1.165, 1.54) is 43.5 Å². The van der Waals surface area contributed by atoms with Crippen LogP contribution in [0.2, 0.25) is 0 Å². The zero-order valence-corrected chi connectivity index (χ0v) is 11.4. The van der Waals surface area contributed by atoms with Crippen LogP contribution in [-0.4, -0.2) is 22.9 Å². The fourth-order valence-electron chi connectivity index (χ4n) is 1.94. The molecule has 0 spiro atoms. The highest BCUT2D eigenvalue weighted by Gasteiger charge is 2.18. The van der Waals surface area contributed by atoms with Crippen molar-refractivity contribution in [3.63, 3.8) is 0 Å². The molecule has 0 bridgehead atoms. The van der Waals surface area contributed by atoms with E-state index < -0.39 is 15.8 Å². The van der Waals surface area contributed by atoms with Gasteiger partial charge in [-0.25, -0.2) is 4.79 Å². The lowest BCUT2D eigenvalue weighted by Crippen LogP contribution is -2.04. The third-order valence-electron chi connectivity index (χ3n) is 3.01. The van der Waals surface area contributed by atoms with Gasteiger partial charge in [0.15, 0.2) is 0 Å². The summed E-state index contributed by atoms with van der Waals surface area (Å²) in [5, 5.41) is 21.5. The first kappa shape index (κ1) is 15.1. The van der Waals surface area contributed by atoms with Gasteiger partial charge in [0.05, 0.1) is 22.5 Å². The molecular weight excluding hydrogens is 292 g/mol. The van der Waals surface area contributed by atoms with Gasteiger partial charge in [-0.1, -0.05) is 0 Å². The Balaban J connectivity index is 2.56. The van der Waals surface area contributed by atoms with E-state index in [4.69, 9.17) is 0 Å². The summed E-state index contributed by atoms with van der Waals surface area (Å²) in [5.74, 6) is -0.725. The molecule has 0 aliphatic rings. The van der Waals surface area contributed by atoms with Gasteiger partial charge in [0.2, 0.25) is 0 Å². The maximum atomic E-state index is 11.8. The van der Waals surface area contributed by atoms with Gasteiger partial charge in [-0.05, 0) is 29.3 Å². The Kier molecular flexibility index (Phi) is 4.12. The van der Waals surface area contributed by atoms with E-state index in [1.807, 2.05) is 0 Å². The van der Waals surface area contributed by atoms with Crippen LogP contribution >= 0.6 is 0 Å². The summed E-state index contributed by atoms with van der Waals surface area (Å²) in [7, 11) is 1.17. The van der Waals surface area contributed by atoms with Crippen molar-refractivity contribution in [2.45, 2.75) is 0 Å². The molecule has 112 valence electrons. The standard InChI is InChI=1S/C14H10N2O6/c1-22-14(17)13-8-11(16(20)21)6-7-12(13)9-2-4-10(5-3-9)15(18)19/h2-8H,1H3. The monoisotopic (exact) mass is 302 g/mol. The minimum absolute atomic E-state index is 0.0190. The number of carbonyl (C=O) groups is 1. The second-order valence-corrected chi connectivity index (χ2v) is 4.28. The number of benzene rings is 2. The zero-order valence-electron chi connectivity index (χ0n) is 11.4. The van der Waals surface area contributed by atoms with Gasteiger partial charge in [-0.3, -0.25) is 20.2 Å².